The number of benzene rings is 1. The summed E-state index contributed by atoms with van der Waals surface area (Å²) in [5.74, 6) is -1.21. The maximum atomic E-state index is 12.6. The van der Waals surface area contributed by atoms with Gasteiger partial charge in [-0.3, -0.25) is 4.79 Å². The second-order valence-electron chi connectivity index (χ2n) is 6.36. The van der Waals surface area contributed by atoms with Crippen molar-refractivity contribution >= 4 is 12.4 Å². The molecular weight excluding hydrogens is 368 g/mol. The van der Waals surface area contributed by atoms with E-state index in [2.05, 4.69) is 0 Å². The smallest absolute Gasteiger partial charge is 0.348 e. The zero-order valence-corrected chi connectivity index (χ0v) is 15.8. The number of rotatable bonds is 5. The van der Waals surface area contributed by atoms with Gasteiger partial charge < -0.3 is 28.8 Å². The fraction of sp³-hybridized carbons (Fsp3) is 0.300. The maximum Gasteiger partial charge on any atom is 0.348 e. The van der Waals surface area contributed by atoms with Gasteiger partial charge in [-0.1, -0.05) is 6.08 Å². The SMILES string of the molecule is C/C=C/c1cc2c(c(=O)o1)-c1c(O)c(O)c(OC)c(C=O)c1C(OC(C)C)O2. The molecule has 0 aliphatic carbocycles. The molecule has 0 fully saturated rings. The van der Waals surface area contributed by atoms with Crippen LogP contribution in [-0.2, 0) is 4.74 Å². The third-order valence-corrected chi connectivity index (χ3v) is 4.18. The van der Waals surface area contributed by atoms with Crippen molar-refractivity contribution in [3.8, 4) is 34.1 Å². The van der Waals surface area contributed by atoms with E-state index in [9.17, 15) is 19.8 Å². The molecule has 0 saturated heterocycles. The predicted octanol–water partition coefficient (Wildman–Crippen LogP) is 3.39. The van der Waals surface area contributed by atoms with Crippen LogP contribution in [0.15, 0.2) is 21.4 Å². The number of carbonyl (C=O) groups excluding carboxylic acids is 1. The Morgan fingerprint density at radius 3 is 2.50 bits per heavy atom. The maximum absolute atomic E-state index is 12.6. The summed E-state index contributed by atoms with van der Waals surface area (Å²) in [6.07, 6.45) is 2.26. The summed E-state index contributed by atoms with van der Waals surface area (Å²) >= 11 is 0. The molecule has 1 atom stereocenters. The van der Waals surface area contributed by atoms with Gasteiger partial charge >= 0.3 is 5.63 Å². The summed E-state index contributed by atoms with van der Waals surface area (Å²) in [6.45, 7) is 5.29. The molecule has 0 spiro atoms. The van der Waals surface area contributed by atoms with Gasteiger partial charge in [0.1, 0.15) is 17.1 Å². The van der Waals surface area contributed by atoms with Crippen molar-refractivity contribution in [2.75, 3.05) is 7.11 Å². The molecule has 3 rings (SSSR count). The average molecular weight is 388 g/mol. The second-order valence-corrected chi connectivity index (χ2v) is 6.36. The van der Waals surface area contributed by atoms with Gasteiger partial charge in [0.05, 0.1) is 18.8 Å². The van der Waals surface area contributed by atoms with E-state index in [1.165, 1.54) is 13.2 Å². The number of phenolic OH excluding ortho intramolecular Hbond substituents is 2. The molecule has 0 radical (unpaired) electrons. The number of ether oxygens (including phenoxy) is 3. The van der Waals surface area contributed by atoms with Crippen molar-refractivity contribution in [1.29, 1.82) is 0 Å². The van der Waals surface area contributed by atoms with Crippen LogP contribution >= 0.6 is 0 Å². The summed E-state index contributed by atoms with van der Waals surface area (Å²) in [6, 6.07) is 1.47. The molecule has 0 saturated carbocycles. The molecule has 148 valence electrons. The normalized spacial score (nSPS) is 15.2. The van der Waals surface area contributed by atoms with E-state index in [4.69, 9.17) is 18.6 Å². The largest absolute Gasteiger partial charge is 0.504 e. The number of hydrogen-bond acceptors (Lipinski definition) is 8. The van der Waals surface area contributed by atoms with Crippen molar-refractivity contribution in [3.63, 3.8) is 0 Å². The summed E-state index contributed by atoms with van der Waals surface area (Å²) in [4.78, 5) is 24.4. The van der Waals surface area contributed by atoms with Crippen molar-refractivity contribution in [1.82, 2.24) is 0 Å². The van der Waals surface area contributed by atoms with E-state index >= 15 is 0 Å². The van der Waals surface area contributed by atoms with Crippen molar-refractivity contribution < 1.29 is 33.6 Å². The van der Waals surface area contributed by atoms with Gasteiger partial charge in [0.15, 0.2) is 17.8 Å². The van der Waals surface area contributed by atoms with Crippen LogP contribution in [0.2, 0.25) is 0 Å². The molecule has 28 heavy (non-hydrogen) atoms. The number of phenols is 2. The van der Waals surface area contributed by atoms with Crippen LogP contribution < -0.4 is 15.1 Å². The van der Waals surface area contributed by atoms with Crippen LogP contribution in [-0.4, -0.2) is 29.7 Å². The predicted molar refractivity (Wildman–Crippen MR) is 100.0 cm³/mol. The van der Waals surface area contributed by atoms with E-state index in [1.807, 2.05) is 0 Å². The fourth-order valence-electron chi connectivity index (χ4n) is 3.13. The Morgan fingerprint density at radius 1 is 1.21 bits per heavy atom. The number of methoxy groups -OCH3 is 1. The Kier molecular flexibility index (Phi) is 5.15. The molecule has 8 heteroatoms. The van der Waals surface area contributed by atoms with E-state index in [-0.39, 0.29) is 45.6 Å². The van der Waals surface area contributed by atoms with Gasteiger partial charge in [-0.15, -0.1) is 0 Å². The highest BCUT2D eigenvalue weighted by molar-refractivity contribution is 5.94. The highest BCUT2D eigenvalue weighted by atomic mass is 16.7. The van der Waals surface area contributed by atoms with Crippen LogP contribution in [0.4, 0.5) is 0 Å². The van der Waals surface area contributed by atoms with Crippen LogP contribution in [0.3, 0.4) is 0 Å². The zero-order valence-electron chi connectivity index (χ0n) is 15.8. The highest BCUT2D eigenvalue weighted by Crippen LogP contribution is 2.54. The Labute approximate surface area is 160 Å². The molecule has 1 aromatic carbocycles. The van der Waals surface area contributed by atoms with Gasteiger partial charge in [0, 0.05) is 17.2 Å². The van der Waals surface area contributed by atoms with Crippen molar-refractivity contribution in [2.45, 2.75) is 33.2 Å². The first-order valence-electron chi connectivity index (χ1n) is 8.58. The molecule has 2 aromatic rings. The molecule has 2 N–H and O–H groups in total. The molecule has 1 aromatic heterocycles. The lowest BCUT2D eigenvalue weighted by Crippen LogP contribution is -2.25. The van der Waals surface area contributed by atoms with E-state index < -0.39 is 23.4 Å². The molecule has 1 aliphatic heterocycles. The highest BCUT2D eigenvalue weighted by Gasteiger charge is 2.38. The molecule has 1 unspecified atom stereocenters. The minimum Gasteiger partial charge on any atom is -0.504 e. The van der Waals surface area contributed by atoms with Gasteiger partial charge in [0.2, 0.25) is 12.0 Å². The summed E-state index contributed by atoms with van der Waals surface area (Å²) in [5, 5.41) is 20.9. The van der Waals surface area contributed by atoms with Gasteiger partial charge in [0.25, 0.3) is 0 Å². The Bertz CT molecular complexity index is 1020. The number of hydrogen-bond donors (Lipinski definition) is 2. The number of aldehydes is 1. The van der Waals surface area contributed by atoms with Gasteiger partial charge in [-0.2, -0.15) is 0 Å². The molecular formula is C20H20O8. The Balaban J connectivity index is 2.44. The number of carbonyl (C=O) groups is 1. The lowest BCUT2D eigenvalue weighted by atomic mass is 9.91. The quantitative estimate of drug-likeness (QED) is 0.592. The van der Waals surface area contributed by atoms with Crippen LogP contribution in [0, 0.1) is 0 Å². The Hall–Kier alpha value is -3.26. The van der Waals surface area contributed by atoms with Gasteiger partial charge in [-0.05, 0) is 26.8 Å². The van der Waals surface area contributed by atoms with Crippen molar-refractivity contribution in [2.24, 2.45) is 0 Å². The van der Waals surface area contributed by atoms with Crippen LogP contribution in [0.25, 0.3) is 17.2 Å². The monoisotopic (exact) mass is 388 g/mol. The van der Waals surface area contributed by atoms with Crippen LogP contribution in [0.1, 0.15) is 48.7 Å². The second kappa shape index (κ2) is 7.40. The first-order chi connectivity index (χ1) is 13.3. The minimum absolute atomic E-state index is 0.0782. The summed E-state index contributed by atoms with van der Waals surface area (Å²) in [7, 11) is 1.24. The Morgan fingerprint density at radius 2 is 1.93 bits per heavy atom. The summed E-state index contributed by atoms with van der Waals surface area (Å²) in [5.41, 5.74) is -1.03. The topological polar surface area (TPSA) is 115 Å². The van der Waals surface area contributed by atoms with Crippen LogP contribution in [0.5, 0.6) is 23.0 Å². The minimum atomic E-state index is -1.12. The summed E-state index contributed by atoms with van der Waals surface area (Å²) < 4.78 is 21.9. The van der Waals surface area contributed by atoms with Crippen molar-refractivity contribution in [3.05, 3.63) is 39.4 Å². The average Bonchev–Trinajstić information content (AvgIpc) is 2.63. The molecule has 0 bridgehead atoms. The van der Waals surface area contributed by atoms with E-state index in [0.29, 0.717) is 6.29 Å². The molecule has 8 nitrogen and oxygen atoms in total. The standard InChI is InChI=1S/C20H20O8/c1-5-6-10-7-12-14(19(24)27-10)15-13(20(28-12)26-9(2)3)11(8-21)18(25-4)17(23)16(15)22/h5-9,20,22-23H,1-4H3/b6-5+. The number of allylic oxidation sites excluding steroid dienone is 1. The molecule has 1 aliphatic rings. The third-order valence-electron chi connectivity index (χ3n) is 4.18. The molecule has 2 heterocycles. The zero-order chi connectivity index (χ0) is 20.6. The van der Waals surface area contributed by atoms with Gasteiger partial charge in [-0.25, -0.2) is 4.79 Å². The fourth-order valence-corrected chi connectivity index (χ4v) is 3.13. The first kappa shape index (κ1) is 19.5. The third kappa shape index (κ3) is 3.01. The lowest BCUT2D eigenvalue weighted by molar-refractivity contribution is -0.113. The van der Waals surface area contributed by atoms with E-state index in [0.717, 1.165) is 0 Å². The number of aromatic hydroxyl groups is 2. The first-order valence-corrected chi connectivity index (χ1v) is 8.58. The lowest BCUT2D eigenvalue weighted by Gasteiger charge is -2.31. The van der Waals surface area contributed by atoms with E-state index in [1.54, 1.807) is 32.9 Å². The molecule has 0 amide bonds. The number of fused-ring (bicyclic) bond motifs is 3.